The van der Waals surface area contributed by atoms with E-state index in [0.29, 0.717) is 11.6 Å². The molecule has 2 N–H and O–H groups in total. The van der Waals surface area contributed by atoms with Crippen LogP contribution in [0.15, 0.2) is 86.2 Å². The van der Waals surface area contributed by atoms with Gasteiger partial charge < -0.3 is 5.73 Å². The zero-order valence-corrected chi connectivity index (χ0v) is 16.9. The third-order valence-corrected chi connectivity index (χ3v) is 5.03. The molecule has 0 unspecified atom stereocenters. The number of imidazole rings is 1. The molecule has 0 amide bonds. The molecule has 5 nitrogen and oxygen atoms in total. The van der Waals surface area contributed by atoms with E-state index in [2.05, 4.69) is 49.3 Å². The molecule has 4 aromatic rings. The highest BCUT2D eigenvalue weighted by Gasteiger charge is 2.18. The molecule has 0 radical (unpaired) electrons. The van der Waals surface area contributed by atoms with Crippen LogP contribution >= 0.6 is 0 Å². The number of aromatic nitrogens is 4. The lowest BCUT2D eigenvalue weighted by atomic mass is 10.1. The topological polar surface area (TPSA) is 69.6 Å². The summed E-state index contributed by atoms with van der Waals surface area (Å²) in [7, 11) is 0. The van der Waals surface area contributed by atoms with E-state index >= 15 is 0 Å². The number of nitrogens with zero attached hydrogens (tertiary/aromatic N) is 4. The van der Waals surface area contributed by atoms with Crippen molar-refractivity contribution in [2.75, 3.05) is 5.73 Å². The van der Waals surface area contributed by atoms with Crippen molar-refractivity contribution in [3.63, 3.8) is 0 Å². The summed E-state index contributed by atoms with van der Waals surface area (Å²) in [6, 6.07) is 14.2. The monoisotopic (exact) mass is 393 g/mol. The van der Waals surface area contributed by atoms with Crippen molar-refractivity contribution in [1.82, 2.24) is 19.5 Å². The van der Waals surface area contributed by atoms with Gasteiger partial charge in [0.15, 0.2) is 11.5 Å². The largest absolute Gasteiger partial charge is 0.383 e. The van der Waals surface area contributed by atoms with Gasteiger partial charge in [-0.05, 0) is 47.9 Å². The average molecular weight is 393 g/mol. The Bertz CT molecular complexity index is 1260. The van der Waals surface area contributed by atoms with Gasteiger partial charge in [0, 0.05) is 23.6 Å². The van der Waals surface area contributed by atoms with Gasteiger partial charge in [0.2, 0.25) is 0 Å². The number of aryl methyl sites for hydroxylation is 1. The minimum Gasteiger partial charge on any atom is -0.383 e. The van der Waals surface area contributed by atoms with Crippen molar-refractivity contribution in [3.05, 3.63) is 97.4 Å². The van der Waals surface area contributed by atoms with E-state index in [0.717, 1.165) is 40.0 Å². The lowest BCUT2D eigenvalue weighted by molar-refractivity contribution is 1.06. The van der Waals surface area contributed by atoms with E-state index in [1.807, 2.05) is 35.0 Å². The molecule has 0 spiro atoms. The number of hydrogen-bond donors (Lipinski definition) is 1. The van der Waals surface area contributed by atoms with Crippen LogP contribution in [-0.4, -0.2) is 19.5 Å². The van der Waals surface area contributed by atoms with Gasteiger partial charge in [-0.2, -0.15) is 0 Å². The summed E-state index contributed by atoms with van der Waals surface area (Å²) < 4.78 is 2.02. The molecule has 148 valence electrons. The maximum atomic E-state index is 6.19. The molecule has 3 aromatic heterocycles. The Labute approximate surface area is 175 Å². The molecule has 3 heterocycles. The van der Waals surface area contributed by atoms with E-state index < -0.39 is 0 Å². The van der Waals surface area contributed by atoms with Crippen LogP contribution in [0, 0.1) is 0 Å². The smallest absolute Gasteiger partial charge is 0.164 e. The van der Waals surface area contributed by atoms with Gasteiger partial charge in [-0.25, -0.2) is 15.0 Å². The van der Waals surface area contributed by atoms with Crippen LogP contribution < -0.4 is 5.73 Å². The number of allylic oxidation sites excluding steroid dienone is 4. The molecule has 0 bridgehead atoms. The second kappa shape index (κ2) is 8.17. The van der Waals surface area contributed by atoms with Crippen molar-refractivity contribution in [1.29, 1.82) is 0 Å². The maximum absolute atomic E-state index is 6.19. The summed E-state index contributed by atoms with van der Waals surface area (Å²) in [5, 5.41) is 0. The highest BCUT2D eigenvalue weighted by atomic mass is 15.1. The minimum atomic E-state index is 0.429. The van der Waals surface area contributed by atoms with Gasteiger partial charge in [-0.15, -0.1) is 0 Å². The van der Waals surface area contributed by atoms with Crippen LogP contribution in [0.1, 0.15) is 18.1 Å². The van der Waals surface area contributed by atoms with Gasteiger partial charge in [0.1, 0.15) is 11.3 Å². The molecule has 0 saturated carbocycles. The van der Waals surface area contributed by atoms with Crippen LogP contribution in [-0.2, 0) is 6.42 Å². The van der Waals surface area contributed by atoms with E-state index in [-0.39, 0.29) is 0 Å². The zero-order valence-electron chi connectivity index (χ0n) is 16.9. The summed E-state index contributed by atoms with van der Waals surface area (Å²) >= 11 is 0. The molecule has 30 heavy (non-hydrogen) atoms. The van der Waals surface area contributed by atoms with Gasteiger partial charge in [-0.1, -0.05) is 50.4 Å². The first-order valence-electron chi connectivity index (χ1n) is 9.80. The van der Waals surface area contributed by atoms with Crippen LogP contribution in [0.25, 0.3) is 33.8 Å². The number of benzene rings is 1. The minimum absolute atomic E-state index is 0.429. The molecule has 4 rings (SSSR count). The zero-order chi connectivity index (χ0) is 21.1. The van der Waals surface area contributed by atoms with Gasteiger partial charge in [0.05, 0.1) is 5.56 Å². The Morgan fingerprint density at radius 1 is 1.13 bits per heavy atom. The number of fused-ring (bicyclic) bond motifs is 1. The van der Waals surface area contributed by atoms with Gasteiger partial charge in [0.25, 0.3) is 0 Å². The summed E-state index contributed by atoms with van der Waals surface area (Å²) in [5.41, 5.74) is 12.6. The first-order valence-corrected chi connectivity index (χ1v) is 9.80. The Morgan fingerprint density at radius 3 is 2.60 bits per heavy atom. The van der Waals surface area contributed by atoms with Crippen molar-refractivity contribution >= 4 is 22.6 Å². The molecule has 0 aliphatic heterocycles. The van der Waals surface area contributed by atoms with E-state index in [1.165, 1.54) is 5.56 Å². The van der Waals surface area contributed by atoms with Crippen molar-refractivity contribution in [3.8, 4) is 17.1 Å². The number of nitrogen functional groups attached to an aromatic ring is 1. The molecule has 0 aliphatic carbocycles. The van der Waals surface area contributed by atoms with Crippen LogP contribution in [0.5, 0.6) is 0 Å². The number of anilines is 1. The normalized spacial score (nSPS) is 11.6. The number of pyridine rings is 2. The Balaban J connectivity index is 2.00. The van der Waals surface area contributed by atoms with E-state index in [1.54, 1.807) is 18.3 Å². The third-order valence-electron chi connectivity index (χ3n) is 5.03. The predicted octanol–water partition coefficient (Wildman–Crippen LogP) is 5.38. The number of hydrogen-bond acceptors (Lipinski definition) is 4. The summed E-state index contributed by atoms with van der Waals surface area (Å²) in [5.74, 6) is 1.13. The van der Waals surface area contributed by atoms with Gasteiger partial charge in [-0.3, -0.25) is 4.57 Å². The van der Waals surface area contributed by atoms with E-state index in [4.69, 9.17) is 15.7 Å². The molecular formula is C25H23N5. The molecule has 5 heteroatoms. The third kappa shape index (κ3) is 3.42. The van der Waals surface area contributed by atoms with Crippen molar-refractivity contribution in [2.24, 2.45) is 0 Å². The summed E-state index contributed by atoms with van der Waals surface area (Å²) in [4.78, 5) is 13.9. The molecule has 0 fully saturated rings. The highest BCUT2D eigenvalue weighted by molar-refractivity contribution is 5.86. The van der Waals surface area contributed by atoms with Crippen molar-refractivity contribution in [2.45, 2.75) is 13.3 Å². The molecule has 0 atom stereocenters. The lowest BCUT2D eigenvalue weighted by Gasteiger charge is -2.11. The molecule has 1 aromatic carbocycles. The highest BCUT2D eigenvalue weighted by Crippen LogP contribution is 2.31. The molecule has 0 saturated heterocycles. The molecule has 0 aliphatic rings. The first-order chi connectivity index (χ1) is 14.7. The van der Waals surface area contributed by atoms with E-state index in [9.17, 15) is 0 Å². The second-order valence-electron chi connectivity index (χ2n) is 6.86. The fourth-order valence-corrected chi connectivity index (χ4v) is 3.44. The van der Waals surface area contributed by atoms with Crippen LogP contribution in [0.4, 0.5) is 5.82 Å². The fraction of sp³-hybridized carbons (Fsp3) is 0.0800. The SMILES string of the molecule is C=C/C=C(\C=C)c1cnc2c(c1)nc(-c1cccnc1N)n2-c1ccc(CC)cc1. The fourth-order valence-electron chi connectivity index (χ4n) is 3.44. The Morgan fingerprint density at radius 2 is 1.93 bits per heavy atom. The predicted molar refractivity (Wildman–Crippen MR) is 124 cm³/mol. The number of rotatable bonds is 6. The average Bonchev–Trinajstić information content (AvgIpc) is 3.16. The lowest BCUT2D eigenvalue weighted by Crippen LogP contribution is -2.02. The standard InChI is InChI=1S/C25H23N5/c1-4-8-18(6-3)19-15-22-25(28-16-19)30(20-12-10-17(5-2)11-13-20)24(29-22)21-9-7-14-27-23(21)26/h4,6-16H,1,3,5H2,2H3,(H2,26,27)/b18-8+. The Hall–Kier alpha value is -3.99. The molecular weight excluding hydrogens is 370 g/mol. The van der Waals surface area contributed by atoms with Crippen LogP contribution in [0.3, 0.4) is 0 Å². The number of nitrogens with two attached hydrogens (primary N) is 1. The van der Waals surface area contributed by atoms with Crippen molar-refractivity contribution < 1.29 is 0 Å². The quantitative estimate of drug-likeness (QED) is 0.446. The Kier molecular flexibility index (Phi) is 5.26. The first kappa shape index (κ1) is 19.3. The van der Waals surface area contributed by atoms with Crippen LogP contribution in [0.2, 0.25) is 0 Å². The summed E-state index contributed by atoms with van der Waals surface area (Å²) in [6.45, 7) is 9.80. The maximum Gasteiger partial charge on any atom is 0.164 e. The summed E-state index contributed by atoms with van der Waals surface area (Å²) in [6.07, 6.45) is 9.90. The van der Waals surface area contributed by atoms with Gasteiger partial charge >= 0.3 is 0 Å². The second-order valence-corrected chi connectivity index (χ2v) is 6.86.